The minimum absolute atomic E-state index is 0.726. The van der Waals surface area contributed by atoms with Gasteiger partial charge in [-0.3, -0.25) is 4.90 Å². The lowest BCUT2D eigenvalue weighted by Gasteiger charge is -2.47. The average Bonchev–Trinajstić information content (AvgIpc) is 2.75. The first-order chi connectivity index (χ1) is 6.83. The maximum Gasteiger partial charge on any atom is 0.0247 e. The molecule has 1 saturated heterocycles. The third-order valence-corrected chi connectivity index (χ3v) is 4.69. The summed E-state index contributed by atoms with van der Waals surface area (Å²) in [6.45, 7) is 3.62. The van der Waals surface area contributed by atoms with Crippen molar-refractivity contribution in [3.63, 3.8) is 0 Å². The van der Waals surface area contributed by atoms with E-state index in [9.17, 15) is 0 Å². The van der Waals surface area contributed by atoms with Crippen molar-refractivity contribution in [2.45, 2.75) is 44.6 Å². The Hall–Kier alpha value is -0.0800. The number of nitrogens with zero attached hydrogens (tertiary/aromatic N) is 1. The smallest absolute Gasteiger partial charge is 0.0247 e. The van der Waals surface area contributed by atoms with E-state index in [1.165, 1.54) is 51.6 Å². The lowest BCUT2D eigenvalue weighted by molar-refractivity contribution is 0.0151. The second-order valence-electron chi connectivity index (χ2n) is 5.75. The number of nitrogens with two attached hydrogens (primary N) is 1. The minimum atomic E-state index is 0.726. The van der Waals surface area contributed by atoms with E-state index in [2.05, 4.69) is 4.90 Å². The van der Waals surface area contributed by atoms with E-state index in [4.69, 9.17) is 5.73 Å². The van der Waals surface area contributed by atoms with Gasteiger partial charge in [-0.25, -0.2) is 0 Å². The zero-order valence-corrected chi connectivity index (χ0v) is 9.04. The summed E-state index contributed by atoms with van der Waals surface area (Å²) in [4.78, 5) is 2.67. The van der Waals surface area contributed by atoms with Gasteiger partial charge in [0.25, 0.3) is 0 Å². The Balaban J connectivity index is 1.57. The molecule has 0 aromatic carbocycles. The number of hydrogen-bond acceptors (Lipinski definition) is 2. The number of hydrogen-bond donors (Lipinski definition) is 1. The van der Waals surface area contributed by atoms with Gasteiger partial charge in [-0.1, -0.05) is 12.8 Å². The zero-order valence-electron chi connectivity index (χ0n) is 9.04. The lowest BCUT2D eigenvalue weighted by atomic mass is 9.88. The molecule has 1 atom stereocenters. The molecule has 2 N–H and O–H groups in total. The van der Waals surface area contributed by atoms with E-state index in [-0.39, 0.29) is 0 Å². The molecule has 2 nitrogen and oxygen atoms in total. The Kier molecular flexibility index (Phi) is 2.10. The van der Waals surface area contributed by atoms with Crippen molar-refractivity contribution in [3.05, 3.63) is 0 Å². The van der Waals surface area contributed by atoms with E-state index in [0.717, 1.165) is 23.9 Å². The second-order valence-corrected chi connectivity index (χ2v) is 5.75. The molecule has 0 aromatic rings. The highest BCUT2D eigenvalue weighted by Crippen LogP contribution is 2.54. The van der Waals surface area contributed by atoms with Crippen LogP contribution in [-0.2, 0) is 0 Å². The minimum Gasteiger partial charge on any atom is -0.329 e. The zero-order chi connectivity index (χ0) is 9.60. The molecule has 3 rings (SSSR count). The Morgan fingerprint density at radius 1 is 1.21 bits per heavy atom. The molecule has 14 heavy (non-hydrogen) atoms. The Bertz CT molecular complexity index is 208. The Morgan fingerprint density at radius 3 is 2.36 bits per heavy atom. The highest BCUT2D eigenvalue weighted by molar-refractivity contribution is 5.07. The van der Waals surface area contributed by atoms with Gasteiger partial charge in [-0.05, 0) is 37.0 Å². The fourth-order valence-corrected chi connectivity index (χ4v) is 3.52. The van der Waals surface area contributed by atoms with E-state index in [1.54, 1.807) is 0 Å². The summed E-state index contributed by atoms with van der Waals surface area (Å²) in [5, 5.41) is 0. The second kappa shape index (κ2) is 3.21. The van der Waals surface area contributed by atoms with Crippen molar-refractivity contribution in [2.24, 2.45) is 17.1 Å². The summed E-state index contributed by atoms with van der Waals surface area (Å²) in [6.07, 6.45) is 8.74. The van der Waals surface area contributed by atoms with Gasteiger partial charge in [0.15, 0.2) is 0 Å². The molecule has 80 valence electrons. The van der Waals surface area contributed by atoms with Crippen molar-refractivity contribution in [1.82, 2.24) is 4.90 Å². The SMILES string of the molecule is NCC(C1CCCC1)N1CC2(CC2)C1. The molecule has 1 heterocycles. The largest absolute Gasteiger partial charge is 0.329 e. The van der Waals surface area contributed by atoms with E-state index >= 15 is 0 Å². The normalized spacial score (nSPS) is 33.2. The molecule has 1 aliphatic heterocycles. The molecule has 3 aliphatic rings. The first-order valence-electron chi connectivity index (χ1n) is 6.27. The Labute approximate surface area is 86.8 Å². The van der Waals surface area contributed by atoms with Crippen LogP contribution in [0.4, 0.5) is 0 Å². The molecule has 0 aromatic heterocycles. The molecule has 0 radical (unpaired) electrons. The van der Waals surface area contributed by atoms with Crippen LogP contribution in [0.1, 0.15) is 38.5 Å². The van der Waals surface area contributed by atoms with Gasteiger partial charge in [-0.2, -0.15) is 0 Å². The lowest BCUT2D eigenvalue weighted by Crippen LogP contribution is -2.57. The first kappa shape index (κ1) is 9.17. The van der Waals surface area contributed by atoms with Crippen LogP contribution in [0, 0.1) is 11.3 Å². The van der Waals surface area contributed by atoms with Crippen LogP contribution >= 0.6 is 0 Å². The average molecular weight is 194 g/mol. The fraction of sp³-hybridized carbons (Fsp3) is 1.00. The van der Waals surface area contributed by atoms with Crippen molar-refractivity contribution >= 4 is 0 Å². The standard InChI is InChI=1S/C12H22N2/c13-7-11(10-3-1-2-4-10)14-8-12(9-14)5-6-12/h10-11H,1-9,13H2. The van der Waals surface area contributed by atoms with Crippen LogP contribution in [0.25, 0.3) is 0 Å². The summed E-state index contributed by atoms with van der Waals surface area (Å²) >= 11 is 0. The molecule has 1 spiro atoms. The third kappa shape index (κ3) is 1.40. The van der Waals surface area contributed by atoms with Crippen LogP contribution in [0.15, 0.2) is 0 Å². The van der Waals surface area contributed by atoms with Crippen molar-refractivity contribution in [1.29, 1.82) is 0 Å². The highest BCUT2D eigenvalue weighted by atomic mass is 15.3. The molecule has 3 fully saturated rings. The topological polar surface area (TPSA) is 29.3 Å². The molecule has 2 saturated carbocycles. The molecule has 0 bridgehead atoms. The number of likely N-dealkylation sites (tertiary alicyclic amines) is 1. The maximum absolute atomic E-state index is 5.93. The van der Waals surface area contributed by atoms with E-state index in [1.807, 2.05) is 0 Å². The monoisotopic (exact) mass is 194 g/mol. The van der Waals surface area contributed by atoms with Crippen molar-refractivity contribution in [3.8, 4) is 0 Å². The van der Waals surface area contributed by atoms with Crippen LogP contribution in [-0.4, -0.2) is 30.6 Å². The summed E-state index contributed by atoms with van der Waals surface area (Å²) in [5.41, 5.74) is 6.73. The predicted octanol–water partition coefficient (Wildman–Crippen LogP) is 1.60. The van der Waals surface area contributed by atoms with Crippen LogP contribution in [0.2, 0.25) is 0 Å². The van der Waals surface area contributed by atoms with Crippen LogP contribution < -0.4 is 5.73 Å². The predicted molar refractivity (Wildman–Crippen MR) is 58.0 cm³/mol. The van der Waals surface area contributed by atoms with Crippen molar-refractivity contribution < 1.29 is 0 Å². The molecule has 0 amide bonds. The summed E-state index contributed by atoms with van der Waals surface area (Å²) in [7, 11) is 0. The Morgan fingerprint density at radius 2 is 1.86 bits per heavy atom. The third-order valence-electron chi connectivity index (χ3n) is 4.69. The quantitative estimate of drug-likeness (QED) is 0.739. The molecule has 2 heteroatoms. The fourth-order valence-electron chi connectivity index (χ4n) is 3.52. The van der Waals surface area contributed by atoms with E-state index < -0.39 is 0 Å². The molecule has 2 aliphatic carbocycles. The van der Waals surface area contributed by atoms with Gasteiger partial charge < -0.3 is 5.73 Å². The van der Waals surface area contributed by atoms with E-state index in [0.29, 0.717) is 0 Å². The van der Waals surface area contributed by atoms with Gasteiger partial charge in [0.05, 0.1) is 0 Å². The molecular formula is C12H22N2. The van der Waals surface area contributed by atoms with Gasteiger partial charge in [-0.15, -0.1) is 0 Å². The van der Waals surface area contributed by atoms with Crippen LogP contribution in [0.5, 0.6) is 0 Å². The highest BCUT2D eigenvalue weighted by Gasteiger charge is 2.54. The first-order valence-corrected chi connectivity index (χ1v) is 6.27. The molecule has 1 unspecified atom stereocenters. The van der Waals surface area contributed by atoms with Gasteiger partial charge in [0, 0.05) is 25.7 Å². The van der Waals surface area contributed by atoms with Gasteiger partial charge in [0.1, 0.15) is 0 Å². The summed E-state index contributed by atoms with van der Waals surface area (Å²) in [5.74, 6) is 0.927. The van der Waals surface area contributed by atoms with Crippen LogP contribution in [0.3, 0.4) is 0 Å². The number of rotatable bonds is 3. The summed E-state index contributed by atoms with van der Waals surface area (Å²) < 4.78 is 0. The van der Waals surface area contributed by atoms with Gasteiger partial charge >= 0.3 is 0 Å². The van der Waals surface area contributed by atoms with Gasteiger partial charge in [0.2, 0.25) is 0 Å². The van der Waals surface area contributed by atoms with Crippen molar-refractivity contribution in [2.75, 3.05) is 19.6 Å². The summed E-state index contributed by atoms with van der Waals surface area (Å²) in [6, 6.07) is 0.726. The molecular weight excluding hydrogens is 172 g/mol. The maximum atomic E-state index is 5.93.